The molecule has 1 heterocycles. The molecule has 0 atom stereocenters. The molecule has 0 aliphatic carbocycles. The second-order valence-corrected chi connectivity index (χ2v) is 5.10. The molecule has 4 nitrogen and oxygen atoms in total. The quantitative estimate of drug-likeness (QED) is 0.940. The summed E-state index contributed by atoms with van der Waals surface area (Å²) in [5, 5.41) is 9.59. The van der Waals surface area contributed by atoms with E-state index in [2.05, 4.69) is 4.98 Å². The minimum Gasteiger partial charge on any atom is -0.507 e. The van der Waals surface area contributed by atoms with Gasteiger partial charge in [0.05, 0.1) is 17.7 Å². The summed E-state index contributed by atoms with van der Waals surface area (Å²) in [6.45, 7) is 2.19. The van der Waals surface area contributed by atoms with Crippen molar-refractivity contribution in [1.82, 2.24) is 9.88 Å². The van der Waals surface area contributed by atoms with Crippen molar-refractivity contribution in [2.45, 2.75) is 13.5 Å². The SMILES string of the molecule is Cc1ncsc1CN(C)C(=O)c1c(O)cccc1F. The molecule has 6 heteroatoms. The standard InChI is InChI=1S/C13H13FN2O2S/c1-8-11(19-7-15-8)6-16(2)13(18)12-9(14)4-3-5-10(12)17/h3-5,7,17H,6H2,1-2H3. The fourth-order valence-corrected chi connectivity index (χ4v) is 2.51. The molecule has 0 saturated heterocycles. The topological polar surface area (TPSA) is 53.4 Å². The zero-order valence-electron chi connectivity index (χ0n) is 10.6. The third kappa shape index (κ3) is 2.73. The molecule has 1 amide bonds. The van der Waals surface area contributed by atoms with E-state index < -0.39 is 11.7 Å². The summed E-state index contributed by atoms with van der Waals surface area (Å²) in [5.41, 5.74) is 2.25. The van der Waals surface area contributed by atoms with Gasteiger partial charge in [-0.05, 0) is 19.1 Å². The van der Waals surface area contributed by atoms with Crippen molar-refractivity contribution in [3.63, 3.8) is 0 Å². The highest BCUT2D eigenvalue weighted by Gasteiger charge is 2.21. The molecule has 1 aromatic heterocycles. The first-order valence-electron chi connectivity index (χ1n) is 5.62. The zero-order valence-corrected chi connectivity index (χ0v) is 11.4. The maximum Gasteiger partial charge on any atom is 0.260 e. The van der Waals surface area contributed by atoms with Gasteiger partial charge in [-0.3, -0.25) is 4.79 Å². The first-order chi connectivity index (χ1) is 9.00. The summed E-state index contributed by atoms with van der Waals surface area (Å²) in [6.07, 6.45) is 0. The number of rotatable bonds is 3. The van der Waals surface area contributed by atoms with Crippen molar-refractivity contribution in [2.24, 2.45) is 0 Å². The number of phenols is 1. The number of benzene rings is 1. The smallest absolute Gasteiger partial charge is 0.260 e. The second-order valence-electron chi connectivity index (χ2n) is 4.16. The molecular weight excluding hydrogens is 267 g/mol. The Balaban J connectivity index is 2.22. The van der Waals surface area contributed by atoms with Crippen LogP contribution < -0.4 is 0 Å². The lowest BCUT2D eigenvalue weighted by atomic mass is 10.1. The van der Waals surface area contributed by atoms with Crippen molar-refractivity contribution in [1.29, 1.82) is 0 Å². The van der Waals surface area contributed by atoms with Gasteiger partial charge in [0.15, 0.2) is 0 Å². The number of aryl methyl sites for hydroxylation is 1. The number of hydrogen-bond acceptors (Lipinski definition) is 4. The van der Waals surface area contributed by atoms with Crippen LogP contribution in [0.3, 0.4) is 0 Å². The zero-order chi connectivity index (χ0) is 14.0. The number of carbonyl (C=O) groups excluding carboxylic acids is 1. The van der Waals surface area contributed by atoms with E-state index in [1.165, 1.54) is 28.4 Å². The third-order valence-corrected chi connectivity index (χ3v) is 3.70. The summed E-state index contributed by atoms with van der Waals surface area (Å²) in [5.74, 6) is -1.63. The molecule has 100 valence electrons. The number of carbonyl (C=O) groups is 1. The Kier molecular flexibility index (Phi) is 3.80. The van der Waals surface area contributed by atoms with Gasteiger partial charge in [-0.15, -0.1) is 11.3 Å². The van der Waals surface area contributed by atoms with Gasteiger partial charge in [0.25, 0.3) is 5.91 Å². The minimum atomic E-state index is -0.724. The van der Waals surface area contributed by atoms with E-state index in [4.69, 9.17) is 0 Å². The largest absolute Gasteiger partial charge is 0.507 e. The van der Waals surface area contributed by atoms with Crippen molar-refractivity contribution < 1.29 is 14.3 Å². The molecule has 0 saturated carbocycles. The Hall–Kier alpha value is -1.95. The van der Waals surface area contributed by atoms with Crippen LogP contribution in [0.2, 0.25) is 0 Å². The van der Waals surface area contributed by atoms with E-state index in [1.54, 1.807) is 12.6 Å². The van der Waals surface area contributed by atoms with Gasteiger partial charge in [-0.25, -0.2) is 9.37 Å². The Labute approximate surface area is 114 Å². The van der Waals surface area contributed by atoms with Crippen LogP contribution in [0.25, 0.3) is 0 Å². The van der Waals surface area contributed by atoms with Crippen molar-refractivity contribution in [3.05, 3.63) is 45.7 Å². The normalized spacial score (nSPS) is 10.5. The van der Waals surface area contributed by atoms with E-state index in [0.29, 0.717) is 6.54 Å². The van der Waals surface area contributed by atoms with Crippen molar-refractivity contribution in [2.75, 3.05) is 7.05 Å². The average Bonchev–Trinajstić information content (AvgIpc) is 2.74. The van der Waals surface area contributed by atoms with E-state index in [-0.39, 0.29) is 11.3 Å². The molecular formula is C13H13FN2O2S. The van der Waals surface area contributed by atoms with Crippen LogP contribution in [0.5, 0.6) is 5.75 Å². The molecule has 0 radical (unpaired) electrons. The van der Waals surface area contributed by atoms with Gasteiger partial charge < -0.3 is 10.0 Å². The monoisotopic (exact) mass is 280 g/mol. The second kappa shape index (κ2) is 5.36. The number of phenolic OH excluding ortho intramolecular Hbond substituents is 1. The molecule has 0 spiro atoms. The fraction of sp³-hybridized carbons (Fsp3) is 0.231. The van der Waals surface area contributed by atoms with E-state index in [1.807, 2.05) is 6.92 Å². The highest BCUT2D eigenvalue weighted by atomic mass is 32.1. The van der Waals surface area contributed by atoms with Crippen LogP contribution in [0.15, 0.2) is 23.7 Å². The lowest BCUT2D eigenvalue weighted by Gasteiger charge is -2.17. The van der Waals surface area contributed by atoms with Crippen LogP contribution in [0, 0.1) is 12.7 Å². The highest BCUT2D eigenvalue weighted by Crippen LogP contribution is 2.23. The van der Waals surface area contributed by atoms with E-state index in [0.717, 1.165) is 16.6 Å². The molecule has 0 bridgehead atoms. The van der Waals surface area contributed by atoms with Crippen molar-refractivity contribution in [3.8, 4) is 5.75 Å². The molecule has 0 aliphatic heterocycles. The Morgan fingerprint density at radius 1 is 1.53 bits per heavy atom. The minimum absolute atomic E-state index is 0.299. The summed E-state index contributed by atoms with van der Waals surface area (Å²) < 4.78 is 13.6. The van der Waals surface area contributed by atoms with Crippen LogP contribution >= 0.6 is 11.3 Å². The van der Waals surface area contributed by atoms with Gasteiger partial charge in [0.1, 0.15) is 17.1 Å². The van der Waals surface area contributed by atoms with Gasteiger partial charge in [0, 0.05) is 11.9 Å². The lowest BCUT2D eigenvalue weighted by Crippen LogP contribution is -2.27. The Bertz CT molecular complexity index is 592. The van der Waals surface area contributed by atoms with Gasteiger partial charge >= 0.3 is 0 Å². The van der Waals surface area contributed by atoms with Gasteiger partial charge in [0.2, 0.25) is 0 Å². The van der Waals surface area contributed by atoms with Gasteiger partial charge in [-0.2, -0.15) is 0 Å². The van der Waals surface area contributed by atoms with Crippen LogP contribution in [0.1, 0.15) is 20.9 Å². The Morgan fingerprint density at radius 3 is 2.84 bits per heavy atom. The van der Waals surface area contributed by atoms with Crippen LogP contribution in [0.4, 0.5) is 4.39 Å². The maximum absolute atomic E-state index is 13.6. The summed E-state index contributed by atoms with van der Waals surface area (Å²) >= 11 is 1.44. The number of nitrogens with zero attached hydrogens (tertiary/aromatic N) is 2. The molecule has 0 fully saturated rings. The number of aromatic hydroxyl groups is 1. The molecule has 19 heavy (non-hydrogen) atoms. The average molecular weight is 280 g/mol. The maximum atomic E-state index is 13.6. The fourth-order valence-electron chi connectivity index (χ4n) is 1.68. The number of hydrogen-bond donors (Lipinski definition) is 1. The number of amides is 1. The summed E-state index contributed by atoms with van der Waals surface area (Å²) in [4.78, 5) is 18.5. The molecule has 2 rings (SSSR count). The molecule has 0 aliphatic rings. The van der Waals surface area contributed by atoms with E-state index in [9.17, 15) is 14.3 Å². The first-order valence-corrected chi connectivity index (χ1v) is 6.50. The lowest BCUT2D eigenvalue weighted by molar-refractivity contribution is 0.0778. The van der Waals surface area contributed by atoms with Crippen LogP contribution in [-0.2, 0) is 6.54 Å². The molecule has 2 aromatic rings. The highest BCUT2D eigenvalue weighted by molar-refractivity contribution is 7.09. The summed E-state index contributed by atoms with van der Waals surface area (Å²) in [7, 11) is 1.56. The number of aromatic nitrogens is 1. The number of thiazole rings is 1. The number of halogens is 1. The van der Waals surface area contributed by atoms with Crippen molar-refractivity contribution >= 4 is 17.2 Å². The third-order valence-electron chi connectivity index (χ3n) is 2.78. The van der Waals surface area contributed by atoms with E-state index >= 15 is 0 Å². The molecule has 0 unspecified atom stereocenters. The predicted octanol–water partition coefficient (Wildman–Crippen LogP) is 2.57. The Morgan fingerprint density at radius 2 is 2.26 bits per heavy atom. The predicted molar refractivity (Wildman–Crippen MR) is 70.7 cm³/mol. The molecule has 1 N–H and O–H groups in total. The first kappa shape index (κ1) is 13.5. The molecule has 1 aromatic carbocycles. The summed E-state index contributed by atoms with van der Waals surface area (Å²) in [6, 6.07) is 3.80. The van der Waals surface area contributed by atoms with Gasteiger partial charge in [-0.1, -0.05) is 6.07 Å². The van der Waals surface area contributed by atoms with Crippen LogP contribution in [-0.4, -0.2) is 27.9 Å².